The number of anilines is 1. The van der Waals surface area contributed by atoms with E-state index in [1.807, 2.05) is 0 Å². The predicted molar refractivity (Wildman–Crippen MR) is 53.7 cm³/mol. The molecule has 0 aromatic carbocycles. The Morgan fingerprint density at radius 2 is 2.25 bits per heavy atom. The van der Waals surface area contributed by atoms with Crippen LogP contribution in [0, 0.1) is 0 Å². The van der Waals surface area contributed by atoms with Crippen LogP contribution in [0.3, 0.4) is 0 Å². The number of aromatic nitrogens is 2. The van der Waals surface area contributed by atoms with Gasteiger partial charge in [-0.25, -0.2) is 9.63 Å². The maximum Gasteiger partial charge on any atom is 0.370 e. The standard InChI is InChI=1S/C8H12N4O4/c1-4-6(13)7(14)12(16-4)11-3-2-5(9)10-8(11)15/h2-4,6-7,13-14H,1H3,(H2,9,10,15)/t4-,6-,7-/m1/s1. The van der Waals surface area contributed by atoms with E-state index in [1.165, 1.54) is 12.3 Å². The average Bonchev–Trinajstić information content (AvgIpc) is 2.46. The molecule has 2 heterocycles. The Hall–Kier alpha value is -1.64. The van der Waals surface area contributed by atoms with E-state index in [2.05, 4.69) is 4.98 Å². The summed E-state index contributed by atoms with van der Waals surface area (Å²) in [6, 6.07) is 1.38. The lowest BCUT2D eigenvalue weighted by Crippen LogP contribution is -2.47. The Balaban J connectivity index is 2.35. The number of hydrogen-bond acceptors (Lipinski definition) is 7. The molecule has 1 aromatic heterocycles. The van der Waals surface area contributed by atoms with E-state index in [0.29, 0.717) is 0 Å². The van der Waals surface area contributed by atoms with Gasteiger partial charge < -0.3 is 15.9 Å². The van der Waals surface area contributed by atoms with Gasteiger partial charge in [-0.3, -0.25) is 0 Å². The number of aliphatic hydroxyl groups excluding tert-OH is 2. The van der Waals surface area contributed by atoms with Gasteiger partial charge in [0.2, 0.25) is 0 Å². The average molecular weight is 228 g/mol. The van der Waals surface area contributed by atoms with Crippen molar-refractivity contribution in [2.75, 3.05) is 10.9 Å². The third kappa shape index (κ3) is 1.62. The fourth-order valence-electron chi connectivity index (χ4n) is 1.41. The van der Waals surface area contributed by atoms with Gasteiger partial charge in [-0.2, -0.15) is 14.8 Å². The zero-order chi connectivity index (χ0) is 11.9. The van der Waals surface area contributed by atoms with Crippen molar-refractivity contribution in [3.63, 3.8) is 0 Å². The molecule has 1 aliphatic heterocycles. The Labute approximate surface area is 90.4 Å². The van der Waals surface area contributed by atoms with Crippen molar-refractivity contribution in [2.45, 2.75) is 25.4 Å². The number of aliphatic hydroxyl groups is 2. The van der Waals surface area contributed by atoms with Gasteiger partial charge in [0.05, 0.1) is 0 Å². The van der Waals surface area contributed by atoms with Gasteiger partial charge in [0.1, 0.15) is 18.0 Å². The number of hydroxylamine groups is 1. The molecule has 8 heteroatoms. The number of hydrogen-bond donors (Lipinski definition) is 3. The predicted octanol–water partition coefficient (Wildman–Crippen LogP) is -2.22. The summed E-state index contributed by atoms with van der Waals surface area (Å²) in [6.45, 7) is 1.57. The van der Waals surface area contributed by atoms with Crippen molar-refractivity contribution in [2.24, 2.45) is 0 Å². The molecular weight excluding hydrogens is 216 g/mol. The van der Waals surface area contributed by atoms with Crippen LogP contribution in [0.2, 0.25) is 0 Å². The summed E-state index contributed by atoms with van der Waals surface area (Å²) in [7, 11) is 0. The molecule has 0 radical (unpaired) electrons. The molecule has 1 fully saturated rings. The van der Waals surface area contributed by atoms with Gasteiger partial charge in [0.15, 0.2) is 6.23 Å². The Morgan fingerprint density at radius 1 is 1.56 bits per heavy atom. The molecule has 0 amide bonds. The molecule has 4 N–H and O–H groups in total. The van der Waals surface area contributed by atoms with Gasteiger partial charge in [0.25, 0.3) is 0 Å². The highest BCUT2D eigenvalue weighted by molar-refractivity contribution is 5.23. The van der Waals surface area contributed by atoms with Crippen LogP contribution in [0.25, 0.3) is 0 Å². The third-order valence-electron chi connectivity index (χ3n) is 2.31. The lowest BCUT2D eigenvalue weighted by atomic mass is 10.2. The first-order chi connectivity index (χ1) is 7.50. The van der Waals surface area contributed by atoms with Crippen LogP contribution in [-0.4, -0.2) is 38.3 Å². The van der Waals surface area contributed by atoms with E-state index in [4.69, 9.17) is 10.6 Å². The van der Waals surface area contributed by atoms with Crippen LogP contribution in [0.15, 0.2) is 17.1 Å². The number of nitrogens with zero attached hydrogens (tertiary/aromatic N) is 3. The summed E-state index contributed by atoms with van der Waals surface area (Å²) in [5.41, 5.74) is 4.63. The van der Waals surface area contributed by atoms with E-state index in [0.717, 1.165) is 9.85 Å². The molecule has 1 saturated heterocycles. The molecule has 8 nitrogen and oxygen atoms in total. The smallest absolute Gasteiger partial charge is 0.370 e. The lowest BCUT2D eigenvalue weighted by molar-refractivity contribution is 0.0118. The van der Waals surface area contributed by atoms with Crippen LogP contribution in [-0.2, 0) is 4.84 Å². The fourth-order valence-corrected chi connectivity index (χ4v) is 1.41. The minimum Gasteiger partial charge on any atom is -0.385 e. The van der Waals surface area contributed by atoms with Crippen LogP contribution in [0.4, 0.5) is 5.82 Å². The van der Waals surface area contributed by atoms with Crippen LogP contribution in [0.5, 0.6) is 0 Å². The molecule has 1 aromatic rings. The van der Waals surface area contributed by atoms with Crippen LogP contribution in [0.1, 0.15) is 6.92 Å². The largest absolute Gasteiger partial charge is 0.385 e. The first kappa shape index (κ1) is 10.9. The minimum absolute atomic E-state index is 0.0727. The number of nitrogen functional groups attached to an aromatic ring is 1. The highest BCUT2D eigenvalue weighted by atomic mass is 16.8. The van der Waals surface area contributed by atoms with Crippen LogP contribution < -0.4 is 16.6 Å². The second-order valence-electron chi connectivity index (χ2n) is 3.50. The van der Waals surface area contributed by atoms with Crippen molar-refractivity contribution in [1.29, 1.82) is 0 Å². The molecule has 0 bridgehead atoms. The fraction of sp³-hybridized carbons (Fsp3) is 0.500. The Kier molecular flexibility index (Phi) is 2.54. The molecule has 16 heavy (non-hydrogen) atoms. The maximum absolute atomic E-state index is 11.4. The minimum atomic E-state index is -1.32. The monoisotopic (exact) mass is 228 g/mol. The van der Waals surface area contributed by atoms with Crippen molar-refractivity contribution in [1.82, 2.24) is 9.66 Å². The summed E-state index contributed by atoms with van der Waals surface area (Å²) >= 11 is 0. The summed E-state index contributed by atoms with van der Waals surface area (Å²) in [5, 5.41) is 19.9. The summed E-state index contributed by atoms with van der Waals surface area (Å²) < 4.78 is 0.938. The molecule has 0 spiro atoms. The highest BCUT2D eigenvalue weighted by Crippen LogP contribution is 2.17. The summed E-state index contributed by atoms with van der Waals surface area (Å²) in [4.78, 5) is 20.0. The first-order valence-corrected chi connectivity index (χ1v) is 4.68. The van der Waals surface area contributed by atoms with Gasteiger partial charge in [0, 0.05) is 6.20 Å². The zero-order valence-electron chi connectivity index (χ0n) is 8.52. The third-order valence-corrected chi connectivity index (χ3v) is 2.31. The quantitative estimate of drug-likeness (QED) is 0.498. The molecule has 88 valence electrons. The van der Waals surface area contributed by atoms with Gasteiger partial charge in [-0.05, 0) is 13.0 Å². The van der Waals surface area contributed by atoms with Crippen molar-refractivity contribution < 1.29 is 15.1 Å². The van der Waals surface area contributed by atoms with Crippen molar-refractivity contribution in [3.8, 4) is 0 Å². The molecule has 0 unspecified atom stereocenters. The molecule has 3 atom stereocenters. The van der Waals surface area contributed by atoms with Gasteiger partial charge in [-0.1, -0.05) is 0 Å². The number of nitrogens with two attached hydrogens (primary N) is 1. The van der Waals surface area contributed by atoms with Gasteiger partial charge in [-0.15, -0.1) is 0 Å². The zero-order valence-corrected chi connectivity index (χ0v) is 8.52. The van der Waals surface area contributed by atoms with E-state index < -0.39 is 24.1 Å². The molecule has 0 aliphatic carbocycles. The van der Waals surface area contributed by atoms with Gasteiger partial charge >= 0.3 is 5.69 Å². The molecular formula is C8H12N4O4. The Morgan fingerprint density at radius 3 is 2.75 bits per heavy atom. The first-order valence-electron chi connectivity index (χ1n) is 4.68. The van der Waals surface area contributed by atoms with Crippen molar-refractivity contribution in [3.05, 3.63) is 22.7 Å². The Bertz CT molecular complexity index is 448. The number of rotatable bonds is 1. The maximum atomic E-state index is 11.4. The van der Waals surface area contributed by atoms with Crippen molar-refractivity contribution >= 4 is 5.82 Å². The molecule has 1 aliphatic rings. The lowest BCUT2D eigenvalue weighted by Gasteiger charge is -2.21. The second kappa shape index (κ2) is 3.74. The second-order valence-corrected chi connectivity index (χ2v) is 3.50. The van der Waals surface area contributed by atoms with Crippen LogP contribution >= 0.6 is 0 Å². The van der Waals surface area contributed by atoms with E-state index in [-0.39, 0.29) is 5.82 Å². The summed E-state index contributed by atoms with van der Waals surface area (Å²) in [5.74, 6) is 0.0727. The normalized spacial score (nSPS) is 29.7. The van der Waals surface area contributed by atoms with E-state index in [1.54, 1.807) is 6.92 Å². The molecule has 2 rings (SSSR count). The molecule has 0 saturated carbocycles. The highest BCUT2D eigenvalue weighted by Gasteiger charge is 2.39. The van der Waals surface area contributed by atoms with E-state index in [9.17, 15) is 15.0 Å². The summed E-state index contributed by atoms with van der Waals surface area (Å²) in [6.07, 6.45) is -1.72. The van der Waals surface area contributed by atoms with E-state index >= 15 is 0 Å². The topological polar surface area (TPSA) is 114 Å². The SMILES string of the molecule is C[C@H]1ON(n2ccc(N)nc2=O)[C@H](O)[C@@H]1O.